The van der Waals surface area contributed by atoms with E-state index < -0.39 is 5.79 Å². The zero-order chi connectivity index (χ0) is 14.4. The molecule has 1 N–H and O–H groups in total. The third-order valence-electron chi connectivity index (χ3n) is 3.65. The molecule has 0 radical (unpaired) electrons. The fraction of sp³-hybridized carbons (Fsp3) is 0.750. The number of unbranched alkanes of at least 4 members (excludes halogenated alkanes) is 2. The lowest BCUT2D eigenvalue weighted by atomic mass is 9.77. The first-order valence-corrected chi connectivity index (χ1v) is 7.36. The van der Waals surface area contributed by atoms with Gasteiger partial charge in [0.15, 0.2) is 0 Å². The quantitative estimate of drug-likeness (QED) is 0.311. The second-order valence-corrected chi connectivity index (χ2v) is 5.87. The molecule has 1 rings (SSSR count). The van der Waals surface area contributed by atoms with Crippen molar-refractivity contribution < 1.29 is 14.9 Å². The van der Waals surface area contributed by atoms with Crippen LogP contribution in [0.2, 0.25) is 0 Å². The first-order valence-electron chi connectivity index (χ1n) is 7.36. The van der Waals surface area contributed by atoms with E-state index in [-0.39, 0.29) is 5.41 Å². The van der Waals surface area contributed by atoms with Gasteiger partial charge in [0.1, 0.15) is 0 Å². The zero-order valence-electron chi connectivity index (χ0n) is 12.7. The normalized spacial score (nSPS) is 23.5. The second-order valence-electron chi connectivity index (χ2n) is 5.87. The van der Waals surface area contributed by atoms with Crippen molar-refractivity contribution in [2.24, 2.45) is 5.41 Å². The van der Waals surface area contributed by atoms with Crippen LogP contribution < -0.4 is 0 Å². The third-order valence-corrected chi connectivity index (χ3v) is 3.65. The van der Waals surface area contributed by atoms with E-state index in [1.54, 1.807) is 6.08 Å². The molecule has 0 saturated carbocycles. The molecule has 0 amide bonds. The van der Waals surface area contributed by atoms with Gasteiger partial charge in [-0.3, -0.25) is 0 Å². The third kappa shape index (κ3) is 5.09. The van der Waals surface area contributed by atoms with Crippen LogP contribution in [0.1, 0.15) is 59.8 Å². The number of rotatable bonds is 8. The van der Waals surface area contributed by atoms with Crippen molar-refractivity contribution in [3.63, 3.8) is 0 Å². The topological polar surface area (TPSA) is 38.7 Å². The minimum atomic E-state index is -1.31. The first kappa shape index (κ1) is 16.4. The summed E-state index contributed by atoms with van der Waals surface area (Å²) >= 11 is 0. The Balaban J connectivity index is 2.56. The molecule has 3 nitrogen and oxygen atoms in total. The van der Waals surface area contributed by atoms with Gasteiger partial charge < -0.3 is 5.11 Å². The predicted molar refractivity (Wildman–Crippen MR) is 77.4 cm³/mol. The molecule has 1 atom stereocenters. The molecule has 0 bridgehead atoms. The largest absolute Gasteiger partial charge is 0.360 e. The maximum atomic E-state index is 10.1. The molecule has 0 saturated heterocycles. The van der Waals surface area contributed by atoms with Crippen molar-refractivity contribution in [1.29, 1.82) is 0 Å². The predicted octanol–water partition coefficient (Wildman–Crippen LogP) is 4.14. The van der Waals surface area contributed by atoms with E-state index >= 15 is 0 Å². The van der Waals surface area contributed by atoms with Crippen LogP contribution in [-0.4, -0.2) is 17.5 Å². The van der Waals surface area contributed by atoms with Gasteiger partial charge in [0.2, 0.25) is 5.79 Å². The van der Waals surface area contributed by atoms with Crippen molar-refractivity contribution in [1.82, 2.24) is 0 Å². The summed E-state index contributed by atoms with van der Waals surface area (Å²) in [7, 11) is 0. The van der Waals surface area contributed by atoms with Gasteiger partial charge in [-0.05, 0) is 30.4 Å². The van der Waals surface area contributed by atoms with Crippen molar-refractivity contribution in [3.05, 3.63) is 23.8 Å². The summed E-state index contributed by atoms with van der Waals surface area (Å²) in [5, 5.41) is 10.1. The molecule has 0 spiro atoms. The van der Waals surface area contributed by atoms with Crippen LogP contribution in [0.15, 0.2) is 23.8 Å². The number of hydrogen-bond donors (Lipinski definition) is 1. The molecule has 1 aliphatic carbocycles. The highest BCUT2D eigenvalue weighted by Gasteiger charge is 2.31. The first-order chi connectivity index (χ1) is 8.93. The van der Waals surface area contributed by atoms with Gasteiger partial charge in [0.05, 0.1) is 6.61 Å². The Labute approximate surface area is 117 Å². The van der Waals surface area contributed by atoms with Crippen LogP contribution >= 0.6 is 0 Å². The number of hydrogen-bond acceptors (Lipinski definition) is 3. The molecule has 0 fully saturated rings. The standard InChI is InChI=1S/C16H28O3/c1-5-7-8-11-15(3,4)14-9-12-16(17,13-10-14)19-18-6-2/h9-10,12,17H,5-8,11,13H2,1-4H3/t16-/m1/s1. The van der Waals surface area contributed by atoms with E-state index in [2.05, 4.69) is 26.8 Å². The van der Waals surface area contributed by atoms with Gasteiger partial charge in [0, 0.05) is 6.42 Å². The summed E-state index contributed by atoms with van der Waals surface area (Å²) in [6, 6.07) is 0. The second kappa shape index (κ2) is 7.22. The zero-order valence-corrected chi connectivity index (χ0v) is 12.7. The number of allylic oxidation sites excluding steroid dienone is 2. The lowest BCUT2D eigenvalue weighted by molar-refractivity contribution is -0.399. The molecule has 0 aromatic carbocycles. The molecule has 0 unspecified atom stereocenters. The molecule has 0 aliphatic heterocycles. The van der Waals surface area contributed by atoms with Crippen molar-refractivity contribution >= 4 is 0 Å². The van der Waals surface area contributed by atoms with E-state index in [0.29, 0.717) is 13.0 Å². The minimum Gasteiger partial charge on any atom is -0.360 e. The fourth-order valence-corrected chi connectivity index (χ4v) is 2.30. The van der Waals surface area contributed by atoms with Gasteiger partial charge >= 0.3 is 0 Å². The van der Waals surface area contributed by atoms with Crippen molar-refractivity contribution in [2.75, 3.05) is 6.61 Å². The summed E-state index contributed by atoms with van der Waals surface area (Å²) in [4.78, 5) is 9.85. The Morgan fingerprint density at radius 3 is 2.58 bits per heavy atom. The highest BCUT2D eigenvalue weighted by Crippen LogP contribution is 2.37. The fourth-order valence-electron chi connectivity index (χ4n) is 2.30. The number of aliphatic hydroxyl groups is 1. The van der Waals surface area contributed by atoms with Crippen LogP contribution in [0.5, 0.6) is 0 Å². The maximum Gasteiger partial charge on any atom is 0.222 e. The summed E-state index contributed by atoms with van der Waals surface area (Å²) in [6.45, 7) is 8.99. The lowest BCUT2D eigenvalue weighted by Gasteiger charge is -2.31. The monoisotopic (exact) mass is 268 g/mol. The average Bonchev–Trinajstić information content (AvgIpc) is 2.37. The Morgan fingerprint density at radius 1 is 1.32 bits per heavy atom. The summed E-state index contributed by atoms with van der Waals surface area (Å²) in [5.41, 5.74) is 1.42. The lowest BCUT2D eigenvalue weighted by Crippen LogP contribution is -2.32. The van der Waals surface area contributed by atoms with E-state index in [1.165, 1.54) is 31.3 Å². The van der Waals surface area contributed by atoms with Crippen LogP contribution in [0, 0.1) is 5.41 Å². The Kier molecular flexibility index (Phi) is 6.24. The summed E-state index contributed by atoms with van der Waals surface area (Å²) in [5.74, 6) is -1.31. The molecule has 0 aromatic rings. The van der Waals surface area contributed by atoms with E-state index in [9.17, 15) is 5.11 Å². The molecule has 3 heteroatoms. The molecule has 1 aliphatic rings. The molecular weight excluding hydrogens is 240 g/mol. The highest BCUT2D eigenvalue weighted by atomic mass is 17.2. The Bertz CT molecular complexity index is 331. The van der Waals surface area contributed by atoms with Crippen molar-refractivity contribution in [3.8, 4) is 0 Å². The van der Waals surface area contributed by atoms with Gasteiger partial charge in [-0.2, -0.15) is 4.89 Å². The maximum absolute atomic E-state index is 10.1. The Hall–Kier alpha value is -0.640. The average molecular weight is 268 g/mol. The molecular formula is C16H28O3. The van der Waals surface area contributed by atoms with Crippen LogP contribution in [0.3, 0.4) is 0 Å². The van der Waals surface area contributed by atoms with Crippen LogP contribution in [-0.2, 0) is 9.78 Å². The molecule has 110 valence electrons. The van der Waals surface area contributed by atoms with Crippen LogP contribution in [0.4, 0.5) is 0 Å². The van der Waals surface area contributed by atoms with Crippen molar-refractivity contribution in [2.45, 2.75) is 65.6 Å². The Morgan fingerprint density at radius 2 is 2.05 bits per heavy atom. The van der Waals surface area contributed by atoms with Crippen LogP contribution in [0.25, 0.3) is 0 Å². The van der Waals surface area contributed by atoms with Gasteiger partial charge in [-0.15, -0.1) is 0 Å². The van der Waals surface area contributed by atoms with E-state index in [1.807, 2.05) is 13.0 Å². The van der Waals surface area contributed by atoms with Gasteiger partial charge in [-0.1, -0.05) is 52.2 Å². The smallest absolute Gasteiger partial charge is 0.222 e. The molecule has 19 heavy (non-hydrogen) atoms. The van der Waals surface area contributed by atoms with Gasteiger partial charge in [-0.25, -0.2) is 4.89 Å². The van der Waals surface area contributed by atoms with E-state index in [4.69, 9.17) is 9.78 Å². The summed E-state index contributed by atoms with van der Waals surface area (Å²) < 4.78 is 0. The molecule has 0 heterocycles. The summed E-state index contributed by atoms with van der Waals surface area (Å²) in [6.07, 6.45) is 11.1. The highest BCUT2D eigenvalue weighted by molar-refractivity contribution is 5.31. The molecule has 0 aromatic heterocycles. The SMILES string of the molecule is CCCCCC(C)(C)C1=CC[C@](O)(OOCC)C=C1. The van der Waals surface area contributed by atoms with E-state index in [0.717, 1.165) is 0 Å². The van der Waals surface area contributed by atoms with Gasteiger partial charge in [0.25, 0.3) is 0 Å². The minimum absolute atomic E-state index is 0.151.